The Hall–Kier alpha value is -4.20. The van der Waals surface area contributed by atoms with Gasteiger partial charge in [-0.3, -0.25) is 4.79 Å². The second-order valence-electron chi connectivity index (χ2n) is 6.86. The molecule has 0 fully saturated rings. The van der Waals surface area contributed by atoms with Crippen molar-refractivity contribution in [1.29, 1.82) is 0 Å². The lowest BCUT2D eigenvalue weighted by Gasteiger charge is -2.11. The maximum Gasteiger partial charge on any atom is 0.337 e. The van der Waals surface area contributed by atoms with Crippen molar-refractivity contribution in [2.75, 3.05) is 6.61 Å². The van der Waals surface area contributed by atoms with Gasteiger partial charge in [-0.2, -0.15) is 5.10 Å². The molecular weight excluding hydrogens is 396 g/mol. The van der Waals surface area contributed by atoms with Crippen molar-refractivity contribution >= 4 is 5.97 Å². The maximum atomic E-state index is 12.3. The molecule has 4 rings (SSSR count). The summed E-state index contributed by atoms with van der Waals surface area (Å²) in [4.78, 5) is 28.2. The van der Waals surface area contributed by atoms with Gasteiger partial charge in [0.15, 0.2) is 0 Å². The van der Waals surface area contributed by atoms with Gasteiger partial charge in [0.1, 0.15) is 0 Å². The highest BCUT2D eigenvalue weighted by Crippen LogP contribution is 2.31. The van der Waals surface area contributed by atoms with Gasteiger partial charge in [-0.15, -0.1) is 0 Å². The van der Waals surface area contributed by atoms with Gasteiger partial charge >= 0.3 is 5.97 Å². The predicted molar refractivity (Wildman–Crippen MR) is 116 cm³/mol. The van der Waals surface area contributed by atoms with Crippen molar-refractivity contribution in [2.45, 2.75) is 6.92 Å². The van der Waals surface area contributed by atoms with Crippen LogP contribution in [-0.2, 0) is 7.05 Å². The first-order chi connectivity index (χ1) is 15.0. The van der Waals surface area contributed by atoms with E-state index in [0.29, 0.717) is 23.7 Å². The van der Waals surface area contributed by atoms with E-state index in [1.54, 1.807) is 62.2 Å². The lowest BCUT2D eigenvalue weighted by Crippen LogP contribution is -2.15. The van der Waals surface area contributed by atoms with E-state index in [4.69, 9.17) is 4.74 Å². The van der Waals surface area contributed by atoms with Crippen molar-refractivity contribution < 1.29 is 14.6 Å². The number of nitrogens with zero attached hydrogens (tertiary/aromatic N) is 4. The number of benzene rings is 1. The molecule has 156 valence electrons. The summed E-state index contributed by atoms with van der Waals surface area (Å²) in [5.74, 6) is -0.523. The fourth-order valence-corrected chi connectivity index (χ4v) is 3.32. The number of aromatic nitrogens is 4. The first-order valence-electron chi connectivity index (χ1n) is 9.65. The van der Waals surface area contributed by atoms with Gasteiger partial charge in [0.05, 0.1) is 24.1 Å². The highest BCUT2D eigenvalue weighted by molar-refractivity contribution is 5.92. The highest BCUT2D eigenvalue weighted by atomic mass is 16.5. The number of carbonyl (C=O) groups is 1. The molecule has 31 heavy (non-hydrogen) atoms. The number of para-hydroxylation sites is 1. The number of ether oxygens (including phenoxy) is 1. The summed E-state index contributed by atoms with van der Waals surface area (Å²) >= 11 is 0. The zero-order chi connectivity index (χ0) is 22.0. The largest absolute Gasteiger partial charge is 0.478 e. The van der Waals surface area contributed by atoms with Crippen molar-refractivity contribution in [1.82, 2.24) is 19.3 Å². The van der Waals surface area contributed by atoms with Gasteiger partial charge in [0.2, 0.25) is 5.88 Å². The van der Waals surface area contributed by atoms with E-state index in [2.05, 4.69) is 10.1 Å². The smallest absolute Gasteiger partial charge is 0.337 e. The van der Waals surface area contributed by atoms with E-state index in [0.717, 1.165) is 16.7 Å². The van der Waals surface area contributed by atoms with Crippen LogP contribution in [0.25, 0.3) is 27.9 Å². The quantitative estimate of drug-likeness (QED) is 0.517. The third-order valence-electron chi connectivity index (χ3n) is 4.84. The summed E-state index contributed by atoms with van der Waals surface area (Å²) in [5, 5.41) is 13.8. The Bertz CT molecular complexity index is 1310. The second kappa shape index (κ2) is 8.27. The third-order valence-corrected chi connectivity index (χ3v) is 4.84. The fraction of sp³-hybridized carbons (Fsp3) is 0.130. The summed E-state index contributed by atoms with van der Waals surface area (Å²) in [5.41, 5.74) is 3.41. The Morgan fingerprint density at radius 2 is 1.87 bits per heavy atom. The average Bonchev–Trinajstić information content (AvgIpc) is 3.26. The summed E-state index contributed by atoms with van der Waals surface area (Å²) in [6.07, 6.45) is 6.78. The molecule has 0 atom stereocenters. The number of carboxylic acids is 1. The summed E-state index contributed by atoms with van der Waals surface area (Å²) in [6.45, 7) is 2.40. The van der Waals surface area contributed by atoms with Crippen LogP contribution in [0.1, 0.15) is 17.3 Å². The van der Waals surface area contributed by atoms with Crippen LogP contribution in [0.2, 0.25) is 0 Å². The van der Waals surface area contributed by atoms with Gasteiger partial charge < -0.3 is 14.4 Å². The van der Waals surface area contributed by atoms with Gasteiger partial charge in [-0.25, -0.2) is 14.5 Å². The first-order valence-corrected chi connectivity index (χ1v) is 9.65. The Morgan fingerprint density at radius 3 is 2.58 bits per heavy atom. The second-order valence-corrected chi connectivity index (χ2v) is 6.86. The molecule has 0 saturated heterocycles. The first kappa shape index (κ1) is 20.1. The van der Waals surface area contributed by atoms with Crippen LogP contribution in [0.5, 0.6) is 5.88 Å². The van der Waals surface area contributed by atoms with Gasteiger partial charge in [0, 0.05) is 54.5 Å². The zero-order valence-electron chi connectivity index (χ0n) is 17.0. The van der Waals surface area contributed by atoms with Crippen molar-refractivity contribution in [3.8, 4) is 33.8 Å². The average molecular weight is 416 g/mol. The molecule has 1 aromatic carbocycles. The molecule has 4 aromatic rings. The molecule has 0 radical (unpaired) electrons. The minimum atomic E-state index is -1.03. The van der Waals surface area contributed by atoms with Gasteiger partial charge in [-0.1, -0.05) is 12.1 Å². The highest BCUT2D eigenvalue weighted by Gasteiger charge is 2.16. The van der Waals surface area contributed by atoms with Crippen molar-refractivity contribution in [3.05, 3.63) is 83.2 Å². The van der Waals surface area contributed by atoms with E-state index in [9.17, 15) is 14.7 Å². The Labute approximate surface area is 178 Å². The van der Waals surface area contributed by atoms with Crippen LogP contribution in [0.3, 0.4) is 0 Å². The molecule has 0 spiro atoms. The Morgan fingerprint density at radius 1 is 1.06 bits per heavy atom. The number of aryl methyl sites for hydroxylation is 1. The zero-order valence-corrected chi connectivity index (χ0v) is 17.0. The van der Waals surface area contributed by atoms with E-state index in [1.807, 2.05) is 13.0 Å². The SMILES string of the molecule is CCOc1ccc(-c2cc(=O)n(C)cc2-c2cnn(-c3ccccc3C(=O)O)c2)cn1. The number of carboxylic acid groups (broad SMARTS) is 1. The number of rotatable bonds is 6. The molecule has 3 aromatic heterocycles. The number of hydrogen-bond acceptors (Lipinski definition) is 5. The molecule has 1 N–H and O–H groups in total. The van der Waals surface area contributed by atoms with Crippen LogP contribution < -0.4 is 10.3 Å². The number of pyridine rings is 2. The van der Waals surface area contributed by atoms with E-state index >= 15 is 0 Å². The third kappa shape index (κ3) is 3.95. The molecule has 0 aliphatic carbocycles. The van der Waals surface area contributed by atoms with E-state index < -0.39 is 5.97 Å². The number of aromatic carboxylic acids is 1. The van der Waals surface area contributed by atoms with Crippen LogP contribution >= 0.6 is 0 Å². The van der Waals surface area contributed by atoms with Crippen molar-refractivity contribution in [3.63, 3.8) is 0 Å². The molecule has 0 unspecified atom stereocenters. The van der Waals surface area contributed by atoms with E-state index in [-0.39, 0.29) is 11.1 Å². The molecule has 8 nitrogen and oxygen atoms in total. The molecule has 3 heterocycles. The molecule has 0 aliphatic heterocycles. The van der Waals surface area contributed by atoms with Crippen LogP contribution in [0.15, 0.2) is 72.0 Å². The Kier molecular flexibility index (Phi) is 5.36. The topological polar surface area (TPSA) is 99.2 Å². The molecular formula is C23H20N4O4. The van der Waals surface area contributed by atoms with Crippen LogP contribution in [0.4, 0.5) is 0 Å². The molecule has 0 saturated carbocycles. The minimum absolute atomic E-state index is 0.147. The van der Waals surface area contributed by atoms with Crippen LogP contribution in [0, 0.1) is 0 Å². The molecule has 0 amide bonds. The predicted octanol–water partition coefficient (Wildman–Crippen LogP) is 3.40. The lowest BCUT2D eigenvalue weighted by atomic mass is 9.99. The Balaban J connectivity index is 1.82. The molecule has 8 heteroatoms. The normalized spacial score (nSPS) is 10.8. The van der Waals surface area contributed by atoms with Crippen molar-refractivity contribution in [2.24, 2.45) is 7.05 Å². The molecule has 0 aliphatic rings. The minimum Gasteiger partial charge on any atom is -0.478 e. The van der Waals surface area contributed by atoms with Crippen LogP contribution in [-0.4, -0.2) is 37.0 Å². The van der Waals surface area contributed by atoms with E-state index in [1.165, 1.54) is 15.3 Å². The molecule has 0 bridgehead atoms. The standard InChI is InChI=1S/C23H20N4O4/c1-3-31-21-9-8-15(11-24-21)18-10-22(28)26(2)14-19(18)16-12-25-27(13-16)20-7-5-4-6-17(20)23(29)30/h4-14H,3H2,1-2H3,(H,29,30). The fourth-order valence-electron chi connectivity index (χ4n) is 3.32. The van der Waals surface area contributed by atoms with Gasteiger partial charge in [0.25, 0.3) is 5.56 Å². The summed E-state index contributed by atoms with van der Waals surface area (Å²) in [6, 6.07) is 11.8. The van der Waals surface area contributed by atoms with Gasteiger partial charge in [-0.05, 0) is 30.7 Å². The number of hydrogen-bond donors (Lipinski definition) is 1. The monoisotopic (exact) mass is 416 g/mol. The summed E-state index contributed by atoms with van der Waals surface area (Å²) in [7, 11) is 1.68. The lowest BCUT2D eigenvalue weighted by molar-refractivity contribution is 0.0696. The summed E-state index contributed by atoms with van der Waals surface area (Å²) < 4.78 is 8.41. The maximum absolute atomic E-state index is 12.3.